The first-order valence-corrected chi connectivity index (χ1v) is 9.56. The van der Waals surface area contributed by atoms with Crippen molar-refractivity contribution < 1.29 is 14.3 Å². The molecule has 1 fully saturated rings. The fourth-order valence-corrected chi connectivity index (χ4v) is 3.57. The molecule has 1 amide bonds. The Morgan fingerprint density at radius 1 is 1.14 bits per heavy atom. The molecule has 0 saturated carbocycles. The van der Waals surface area contributed by atoms with Gasteiger partial charge in [0.1, 0.15) is 11.5 Å². The van der Waals surface area contributed by atoms with Gasteiger partial charge >= 0.3 is 0 Å². The molecule has 1 aromatic heterocycles. The average Bonchev–Trinajstić information content (AvgIpc) is 3.43. The molecule has 0 unspecified atom stereocenters. The van der Waals surface area contributed by atoms with Crippen molar-refractivity contribution in [3.8, 4) is 22.8 Å². The van der Waals surface area contributed by atoms with E-state index < -0.39 is 0 Å². The van der Waals surface area contributed by atoms with Crippen molar-refractivity contribution in [3.05, 3.63) is 60.2 Å². The molecule has 7 heteroatoms. The van der Waals surface area contributed by atoms with Crippen molar-refractivity contribution in [1.29, 1.82) is 0 Å². The van der Waals surface area contributed by atoms with Gasteiger partial charge < -0.3 is 19.7 Å². The van der Waals surface area contributed by atoms with Gasteiger partial charge in [-0.25, -0.2) is 0 Å². The van der Waals surface area contributed by atoms with Crippen LogP contribution in [-0.4, -0.2) is 49.5 Å². The number of carbonyl (C=O) groups is 1. The third-order valence-corrected chi connectivity index (χ3v) is 5.16. The minimum absolute atomic E-state index is 0.0635. The summed E-state index contributed by atoms with van der Waals surface area (Å²) in [5.41, 5.74) is 2.55. The molecule has 1 aliphatic heterocycles. The molecular formula is C22H24N4O3. The van der Waals surface area contributed by atoms with Crippen LogP contribution in [0.25, 0.3) is 11.3 Å². The number of rotatable bonds is 6. The predicted octanol–water partition coefficient (Wildman–Crippen LogP) is 3.10. The predicted molar refractivity (Wildman–Crippen MR) is 112 cm³/mol. The average molecular weight is 392 g/mol. The summed E-state index contributed by atoms with van der Waals surface area (Å²) in [6.45, 7) is 1.55. The zero-order valence-corrected chi connectivity index (χ0v) is 16.5. The molecule has 3 aromatic rings. The molecule has 1 aliphatic rings. The summed E-state index contributed by atoms with van der Waals surface area (Å²) < 4.78 is 10.5. The summed E-state index contributed by atoms with van der Waals surface area (Å²) in [4.78, 5) is 14.8. The van der Waals surface area contributed by atoms with Crippen molar-refractivity contribution >= 4 is 11.7 Å². The lowest BCUT2D eigenvalue weighted by atomic mass is 10.1. The second-order valence-electron chi connectivity index (χ2n) is 6.97. The third kappa shape index (κ3) is 4.03. The fourth-order valence-electron chi connectivity index (χ4n) is 3.57. The Morgan fingerprint density at radius 3 is 2.69 bits per heavy atom. The first-order valence-electron chi connectivity index (χ1n) is 9.56. The molecule has 2 N–H and O–H groups in total. The van der Waals surface area contributed by atoms with Gasteiger partial charge in [-0.2, -0.15) is 5.10 Å². The van der Waals surface area contributed by atoms with Crippen LogP contribution in [0.1, 0.15) is 16.8 Å². The number of carbonyl (C=O) groups excluding carboxylic acids is 1. The van der Waals surface area contributed by atoms with Gasteiger partial charge in [0.05, 0.1) is 25.5 Å². The van der Waals surface area contributed by atoms with Gasteiger partial charge in [-0.05, 0) is 48.4 Å². The van der Waals surface area contributed by atoms with E-state index in [1.165, 1.54) is 0 Å². The highest BCUT2D eigenvalue weighted by atomic mass is 16.5. The highest BCUT2D eigenvalue weighted by Gasteiger charge is 2.26. The highest BCUT2D eigenvalue weighted by molar-refractivity contribution is 5.97. The number of para-hydroxylation sites is 1. The van der Waals surface area contributed by atoms with Crippen LogP contribution in [0.2, 0.25) is 0 Å². The number of hydrogen-bond donors (Lipinski definition) is 2. The number of aromatic amines is 1. The Labute approximate surface area is 169 Å². The van der Waals surface area contributed by atoms with E-state index in [2.05, 4.69) is 20.4 Å². The molecule has 1 saturated heterocycles. The number of anilines is 1. The monoisotopic (exact) mass is 392 g/mol. The van der Waals surface area contributed by atoms with Gasteiger partial charge in [0.15, 0.2) is 5.82 Å². The second kappa shape index (κ2) is 8.26. The van der Waals surface area contributed by atoms with Crippen LogP contribution in [0.3, 0.4) is 0 Å². The molecule has 4 rings (SSSR count). The summed E-state index contributed by atoms with van der Waals surface area (Å²) in [6.07, 6.45) is 0.867. The van der Waals surface area contributed by atoms with E-state index in [9.17, 15) is 4.79 Å². The van der Waals surface area contributed by atoms with Gasteiger partial charge in [-0.15, -0.1) is 0 Å². The van der Waals surface area contributed by atoms with E-state index in [0.29, 0.717) is 17.9 Å². The van der Waals surface area contributed by atoms with Gasteiger partial charge in [0.25, 0.3) is 5.91 Å². The number of nitrogens with one attached hydrogen (secondary N) is 2. The summed E-state index contributed by atoms with van der Waals surface area (Å²) in [6, 6.07) is 17.2. The molecule has 0 bridgehead atoms. The summed E-state index contributed by atoms with van der Waals surface area (Å²) in [5.74, 6) is 2.16. The van der Waals surface area contributed by atoms with Crippen molar-refractivity contribution in [2.24, 2.45) is 0 Å². The van der Waals surface area contributed by atoms with E-state index in [-0.39, 0.29) is 11.9 Å². The third-order valence-electron chi connectivity index (χ3n) is 5.16. The van der Waals surface area contributed by atoms with Crippen LogP contribution in [0, 0.1) is 0 Å². The lowest BCUT2D eigenvalue weighted by molar-refractivity contribution is 0.0937. The maximum absolute atomic E-state index is 12.6. The topological polar surface area (TPSA) is 79.5 Å². The van der Waals surface area contributed by atoms with E-state index in [1.807, 2.05) is 42.5 Å². The maximum Gasteiger partial charge on any atom is 0.255 e. The maximum atomic E-state index is 12.6. The summed E-state index contributed by atoms with van der Waals surface area (Å²) >= 11 is 0. The Balaban J connectivity index is 1.40. The Bertz CT molecular complexity index is 984. The summed E-state index contributed by atoms with van der Waals surface area (Å²) in [7, 11) is 3.22. The lowest BCUT2D eigenvalue weighted by Gasteiger charge is -2.16. The van der Waals surface area contributed by atoms with Gasteiger partial charge in [-0.3, -0.25) is 9.89 Å². The van der Waals surface area contributed by atoms with E-state index in [0.717, 1.165) is 35.8 Å². The second-order valence-corrected chi connectivity index (χ2v) is 6.97. The Hall–Kier alpha value is -3.48. The lowest BCUT2D eigenvalue weighted by Crippen LogP contribution is -2.37. The number of amides is 1. The minimum Gasteiger partial charge on any atom is -0.497 e. The number of benzene rings is 2. The van der Waals surface area contributed by atoms with Crippen LogP contribution < -0.4 is 19.7 Å². The van der Waals surface area contributed by atoms with Crippen molar-refractivity contribution in [2.45, 2.75) is 12.5 Å². The van der Waals surface area contributed by atoms with Crippen LogP contribution in [0.5, 0.6) is 11.5 Å². The van der Waals surface area contributed by atoms with Gasteiger partial charge in [-0.1, -0.05) is 12.1 Å². The summed E-state index contributed by atoms with van der Waals surface area (Å²) in [5, 5.41) is 10.7. The molecule has 2 heterocycles. The van der Waals surface area contributed by atoms with Crippen LogP contribution in [0.15, 0.2) is 54.6 Å². The molecule has 0 radical (unpaired) electrons. The number of methoxy groups -OCH3 is 2. The van der Waals surface area contributed by atoms with Gasteiger partial charge in [0, 0.05) is 25.2 Å². The van der Waals surface area contributed by atoms with Gasteiger partial charge in [0.2, 0.25) is 0 Å². The molecule has 150 valence electrons. The molecular weight excluding hydrogens is 368 g/mol. The normalized spacial score (nSPS) is 15.9. The van der Waals surface area contributed by atoms with Crippen LogP contribution >= 0.6 is 0 Å². The van der Waals surface area contributed by atoms with E-state index in [1.54, 1.807) is 26.4 Å². The number of nitrogens with zero attached hydrogens (tertiary/aromatic N) is 2. The zero-order chi connectivity index (χ0) is 20.2. The fraction of sp³-hybridized carbons (Fsp3) is 0.273. The Morgan fingerprint density at radius 2 is 1.93 bits per heavy atom. The van der Waals surface area contributed by atoms with E-state index >= 15 is 0 Å². The minimum atomic E-state index is -0.116. The molecule has 0 aliphatic carbocycles. The van der Waals surface area contributed by atoms with Crippen LogP contribution in [-0.2, 0) is 0 Å². The number of ether oxygens (including phenoxy) is 2. The first kappa shape index (κ1) is 18.9. The SMILES string of the molecule is COc1ccc(-c2cc(N3CC[C@H](NC(=O)c4ccccc4OC)C3)n[nH]2)cc1. The molecule has 1 atom stereocenters. The van der Waals surface area contributed by atoms with Crippen molar-refractivity contribution in [2.75, 3.05) is 32.2 Å². The van der Waals surface area contributed by atoms with Crippen molar-refractivity contribution in [3.63, 3.8) is 0 Å². The highest BCUT2D eigenvalue weighted by Crippen LogP contribution is 2.26. The quantitative estimate of drug-likeness (QED) is 0.674. The first-order chi connectivity index (χ1) is 14.2. The zero-order valence-electron chi connectivity index (χ0n) is 16.5. The molecule has 2 aromatic carbocycles. The standard InChI is InChI=1S/C22H24N4O3/c1-28-17-9-7-15(8-10-17)19-13-21(25-24-19)26-12-11-16(14-26)23-22(27)18-5-3-4-6-20(18)29-2/h3-10,13,16H,11-12,14H2,1-2H3,(H,23,27)(H,24,25)/t16-/m0/s1. The van der Waals surface area contributed by atoms with Crippen LogP contribution in [0.4, 0.5) is 5.82 Å². The van der Waals surface area contributed by atoms with E-state index in [4.69, 9.17) is 9.47 Å². The molecule has 29 heavy (non-hydrogen) atoms. The Kier molecular flexibility index (Phi) is 5.37. The largest absolute Gasteiger partial charge is 0.497 e. The molecule has 0 spiro atoms. The molecule has 7 nitrogen and oxygen atoms in total. The smallest absolute Gasteiger partial charge is 0.255 e. The van der Waals surface area contributed by atoms with Crippen molar-refractivity contribution in [1.82, 2.24) is 15.5 Å². The number of H-pyrrole nitrogens is 1. The number of hydrogen-bond acceptors (Lipinski definition) is 5. The number of aromatic nitrogens is 2.